The molecule has 24 N–H and O–H groups in total. The van der Waals surface area contributed by atoms with Crippen LogP contribution in [0.5, 0.6) is 0 Å². The van der Waals surface area contributed by atoms with E-state index in [4.69, 9.17) is 56.8 Å². The molecule has 0 radical (unpaired) electrons. The van der Waals surface area contributed by atoms with Crippen molar-refractivity contribution < 1.29 is 179 Å². The Bertz CT molecular complexity index is 2010. The minimum Gasteiger partial charge on any atom is -0.394 e. The highest BCUT2D eigenvalue weighted by Crippen LogP contribution is 2.37. The molecule has 6 rings (SSSR count). The summed E-state index contributed by atoms with van der Waals surface area (Å²) in [5.74, 6) is -1.69. The van der Waals surface area contributed by atoms with Gasteiger partial charge >= 0.3 is 0 Å². The van der Waals surface area contributed by atoms with Crippen molar-refractivity contribution in [3.63, 3.8) is 0 Å². The highest BCUT2D eigenvalue weighted by Gasteiger charge is 2.58. The number of amides is 2. The van der Waals surface area contributed by atoms with Gasteiger partial charge in [0.2, 0.25) is 11.8 Å². The summed E-state index contributed by atoms with van der Waals surface area (Å²) in [6.07, 6.45) is -65.4. The summed E-state index contributed by atoms with van der Waals surface area (Å²) in [5, 5.41) is 241. The maximum absolute atomic E-state index is 12.7. The Morgan fingerprint density at radius 2 is 0.810 bits per heavy atom. The van der Waals surface area contributed by atoms with Gasteiger partial charge in [0.25, 0.3) is 0 Å². The molecule has 2 amide bonds. The molecule has 0 aliphatic carbocycles. The molecular weight excluding hydrogens is 1160 g/mol. The van der Waals surface area contributed by atoms with Crippen LogP contribution in [0.2, 0.25) is 0 Å². The van der Waals surface area contributed by atoms with E-state index in [1.54, 1.807) is 0 Å². The summed E-state index contributed by atoms with van der Waals surface area (Å²) in [6, 6.07) is -3.46. The molecule has 6 heterocycles. The first-order chi connectivity index (χ1) is 39.7. The molecular formula is C46H80N2O36. The number of aliphatic hydroxyl groups is 22. The van der Waals surface area contributed by atoms with Gasteiger partial charge in [-0.15, -0.1) is 0 Å². The van der Waals surface area contributed by atoms with Crippen molar-refractivity contribution in [3.8, 4) is 0 Å². The molecule has 6 aliphatic rings. The molecule has 84 heavy (non-hydrogen) atoms. The van der Waals surface area contributed by atoms with E-state index in [9.17, 15) is 122 Å². The minimum absolute atomic E-state index is 0.770. The number of carbonyl (C=O) groups is 2. The Morgan fingerprint density at radius 1 is 0.405 bits per heavy atom. The third-order valence-corrected chi connectivity index (χ3v) is 15.0. The normalized spacial score (nSPS) is 46.4. The van der Waals surface area contributed by atoms with Crippen LogP contribution in [0.4, 0.5) is 0 Å². The van der Waals surface area contributed by atoms with E-state index in [-0.39, 0.29) is 0 Å². The Balaban J connectivity index is 1.34. The predicted molar refractivity (Wildman–Crippen MR) is 257 cm³/mol. The third-order valence-electron chi connectivity index (χ3n) is 15.0. The number of carbonyl (C=O) groups excluding carboxylic acids is 2. The maximum Gasteiger partial charge on any atom is 0.217 e. The van der Waals surface area contributed by atoms with Crippen molar-refractivity contribution in [2.75, 3.05) is 52.9 Å². The molecule has 6 saturated heterocycles. The van der Waals surface area contributed by atoms with Crippen LogP contribution in [0.15, 0.2) is 0 Å². The Morgan fingerprint density at radius 3 is 1.30 bits per heavy atom. The Kier molecular flexibility index (Phi) is 26.4. The van der Waals surface area contributed by atoms with Gasteiger partial charge in [0.1, 0.15) is 165 Å². The van der Waals surface area contributed by atoms with Crippen LogP contribution in [0, 0.1) is 0 Å². The first-order valence-electron chi connectivity index (χ1n) is 26.5. The first-order valence-corrected chi connectivity index (χ1v) is 26.5. The van der Waals surface area contributed by atoms with Crippen molar-refractivity contribution in [1.29, 1.82) is 0 Å². The highest BCUT2D eigenvalue weighted by molar-refractivity contribution is 5.73. The zero-order valence-electron chi connectivity index (χ0n) is 44.8. The van der Waals surface area contributed by atoms with E-state index in [1.807, 2.05) is 0 Å². The van der Waals surface area contributed by atoms with E-state index in [0.717, 1.165) is 13.8 Å². The fourth-order valence-electron chi connectivity index (χ4n) is 10.3. The van der Waals surface area contributed by atoms with Crippen LogP contribution in [0.3, 0.4) is 0 Å². The summed E-state index contributed by atoms with van der Waals surface area (Å²) >= 11 is 0. The van der Waals surface area contributed by atoms with Crippen molar-refractivity contribution in [1.82, 2.24) is 10.6 Å². The lowest BCUT2D eigenvalue weighted by Gasteiger charge is -2.50. The van der Waals surface area contributed by atoms with E-state index in [0.29, 0.717) is 0 Å². The number of rotatable bonds is 25. The highest BCUT2D eigenvalue weighted by atomic mass is 16.8. The fourth-order valence-corrected chi connectivity index (χ4v) is 10.3. The second-order valence-electron chi connectivity index (χ2n) is 20.8. The maximum atomic E-state index is 12.7. The molecule has 38 heteroatoms. The molecule has 0 aromatic carbocycles. The van der Waals surface area contributed by atoms with E-state index in [2.05, 4.69) is 10.6 Å². The van der Waals surface area contributed by atoms with Gasteiger partial charge in [-0.2, -0.15) is 0 Å². The Labute approximate surface area is 475 Å². The molecule has 6 aliphatic heterocycles. The van der Waals surface area contributed by atoms with Gasteiger partial charge in [0.15, 0.2) is 37.7 Å². The van der Waals surface area contributed by atoms with Crippen molar-refractivity contribution in [3.05, 3.63) is 0 Å². The third kappa shape index (κ3) is 15.8. The van der Waals surface area contributed by atoms with E-state index >= 15 is 0 Å². The second kappa shape index (κ2) is 31.4. The van der Waals surface area contributed by atoms with Gasteiger partial charge < -0.3 is 180 Å². The molecule has 0 aromatic heterocycles. The van der Waals surface area contributed by atoms with E-state index < -0.39 is 273 Å². The molecule has 0 bridgehead atoms. The smallest absolute Gasteiger partial charge is 0.217 e. The Hall–Kier alpha value is -2.42. The lowest BCUT2D eigenvalue weighted by molar-refractivity contribution is -0.398. The number of hydrogen-bond acceptors (Lipinski definition) is 36. The summed E-state index contributed by atoms with van der Waals surface area (Å²) in [7, 11) is 0. The van der Waals surface area contributed by atoms with Crippen LogP contribution in [-0.4, -0.2) is 386 Å². The lowest BCUT2D eigenvalue weighted by Crippen LogP contribution is -2.69. The SMILES string of the molecule is CC(=O)N[C@@H](CO)[C@@H](O)[C@H](OC1O[C@H](CO)[C@@H](OC2O[C@H](COC3O[C@H](CO)[C@@H](O)[C@H](OC4O[C@H](CO)[C@@H](O)[C@H](O)[C@@H]4O)[C@@H]3O)[C@@H](O)[C@H](OC3O[C@H](CO)[C@@H](O)[C@H](O)[C@@H]3OC3O[C@H](CO)[C@@H](O)[C@H](O)[C@@H]3O)[C@@H]2O)[C@H](O)[C@H]1NC(C)=O)[C@H](O)CO. The monoisotopic (exact) mass is 1240 g/mol. The molecule has 0 aromatic rings. The molecule has 6 unspecified atom stereocenters. The molecule has 490 valence electrons. The van der Waals surface area contributed by atoms with Gasteiger partial charge in [-0.3, -0.25) is 9.59 Å². The van der Waals surface area contributed by atoms with E-state index in [1.165, 1.54) is 0 Å². The molecule has 38 nitrogen and oxygen atoms in total. The van der Waals surface area contributed by atoms with Gasteiger partial charge in [-0.25, -0.2) is 0 Å². The fraction of sp³-hybridized carbons (Fsp3) is 0.957. The molecule has 0 saturated carbocycles. The van der Waals surface area contributed by atoms with Crippen LogP contribution in [-0.2, 0) is 66.4 Å². The van der Waals surface area contributed by atoms with Gasteiger partial charge in [0, 0.05) is 13.8 Å². The van der Waals surface area contributed by atoms with Crippen LogP contribution in [0.1, 0.15) is 13.8 Å². The van der Waals surface area contributed by atoms with Crippen LogP contribution < -0.4 is 10.6 Å². The van der Waals surface area contributed by atoms with Crippen LogP contribution in [0.25, 0.3) is 0 Å². The number of nitrogens with one attached hydrogen (secondary N) is 2. The number of ether oxygens (including phenoxy) is 12. The predicted octanol–water partition coefficient (Wildman–Crippen LogP) is -16.4. The molecule has 6 fully saturated rings. The second-order valence-corrected chi connectivity index (χ2v) is 20.8. The topological polar surface area (TPSA) is 614 Å². The minimum atomic E-state index is -2.44. The lowest BCUT2D eigenvalue weighted by atomic mass is 9.94. The standard InChI is InChI=1S/C46H80N2O36/c1-11(56)47-13(3-49)22(59)36(14(58)4-50)80-41-21(48-12(2)57)28(65)37(19(9-55)78-41)81-45-35(72)39(83-46-40(31(68)25(62)17(7-53)77-46)84-44-33(70)30(67)24(61)16(6-52)76-44)27(64)20(79-45)10-73-42-34(71)38(26(63)18(8-54)74-42)82-43-32(69)29(66)23(60)15(5-51)75-43/h13-46,49-55,58-72H,3-10H2,1-2H3,(H,47,56)(H,48,57)/t13-,14+,15+,16+,17+,18+,19+,20+,21+,22+,23+,24+,25+,26+,27+,28+,29-,30-,31-,32-,33-,34-,35-,36+,37+,38-,39-,40-,41?,42?,43?,44?,45?,46?/m0/s1. The summed E-state index contributed by atoms with van der Waals surface area (Å²) in [6.45, 7) is -6.34. The van der Waals surface area contributed by atoms with Gasteiger partial charge in [0.05, 0.1) is 58.9 Å². The van der Waals surface area contributed by atoms with Gasteiger partial charge in [-0.05, 0) is 0 Å². The molecule has 34 atom stereocenters. The van der Waals surface area contributed by atoms with Crippen LogP contribution >= 0.6 is 0 Å². The zero-order chi connectivity index (χ0) is 62.3. The van der Waals surface area contributed by atoms with Crippen molar-refractivity contribution in [2.24, 2.45) is 0 Å². The summed E-state index contributed by atoms with van der Waals surface area (Å²) < 4.78 is 68.9. The van der Waals surface area contributed by atoms with Crippen molar-refractivity contribution >= 4 is 11.8 Å². The van der Waals surface area contributed by atoms with Crippen molar-refractivity contribution in [2.45, 2.75) is 222 Å². The zero-order valence-corrected chi connectivity index (χ0v) is 44.8. The first kappa shape index (κ1) is 70.7. The average Bonchev–Trinajstić information content (AvgIpc) is 2.65. The summed E-state index contributed by atoms with van der Waals surface area (Å²) in [5.41, 5.74) is 0. The number of aliphatic hydroxyl groups excluding tert-OH is 22. The molecule has 0 spiro atoms. The summed E-state index contributed by atoms with van der Waals surface area (Å²) in [4.78, 5) is 24.6. The average molecular weight is 1240 g/mol. The quantitative estimate of drug-likeness (QED) is 0.0404. The number of hydrogen-bond donors (Lipinski definition) is 24. The van der Waals surface area contributed by atoms with Gasteiger partial charge in [-0.1, -0.05) is 0 Å². The largest absolute Gasteiger partial charge is 0.394 e.